The van der Waals surface area contributed by atoms with Gasteiger partial charge in [0.2, 0.25) is 5.43 Å². The first-order chi connectivity index (χ1) is 10.1. The normalized spacial score (nSPS) is 11.0. The standard InChI is InChI=1S/C18H16O3/c1-11(2)7-8-12-14(19)9-10-16-17(12)18(20)13-5-3-4-6-15(13)21-16/h3-7,9-10,19H,8H2,1-2H3. The second kappa shape index (κ2) is 5.09. The molecule has 0 radical (unpaired) electrons. The molecule has 0 spiro atoms. The van der Waals surface area contributed by atoms with E-state index in [0.29, 0.717) is 33.9 Å². The van der Waals surface area contributed by atoms with Crippen LogP contribution in [0.15, 0.2) is 57.3 Å². The topological polar surface area (TPSA) is 50.4 Å². The van der Waals surface area contributed by atoms with Crippen molar-refractivity contribution in [1.29, 1.82) is 0 Å². The Morgan fingerprint density at radius 3 is 2.67 bits per heavy atom. The fourth-order valence-corrected chi connectivity index (χ4v) is 2.46. The molecule has 0 saturated carbocycles. The Labute approximate surface area is 122 Å². The van der Waals surface area contributed by atoms with Crippen molar-refractivity contribution in [3.8, 4) is 5.75 Å². The molecule has 0 atom stereocenters. The van der Waals surface area contributed by atoms with E-state index in [1.807, 2.05) is 32.1 Å². The summed E-state index contributed by atoms with van der Waals surface area (Å²) in [6.45, 7) is 3.97. The largest absolute Gasteiger partial charge is 0.508 e. The molecule has 3 nitrogen and oxygen atoms in total. The minimum atomic E-state index is -0.0973. The summed E-state index contributed by atoms with van der Waals surface area (Å²) >= 11 is 0. The van der Waals surface area contributed by atoms with Crippen LogP contribution < -0.4 is 5.43 Å². The van der Waals surface area contributed by atoms with E-state index in [1.54, 1.807) is 24.3 Å². The Kier molecular flexibility index (Phi) is 3.26. The fraction of sp³-hybridized carbons (Fsp3) is 0.167. The second-order valence-electron chi connectivity index (χ2n) is 5.35. The summed E-state index contributed by atoms with van der Waals surface area (Å²) in [5, 5.41) is 11.1. The summed E-state index contributed by atoms with van der Waals surface area (Å²) in [4.78, 5) is 12.7. The summed E-state index contributed by atoms with van der Waals surface area (Å²) in [5.74, 6) is 0.127. The van der Waals surface area contributed by atoms with Crippen LogP contribution in [0.3, 0.4) is 0 Å². The maximum absolute atomic E-state index is 12.7. The Balaban J connectivity index is 2.41. The Hall–Kier alpha value is -2.55. The molecule has 1 heterocycles. The zero-order valence-electron chi connectivity index (χ0n) is 12.0. The van der Waals surface area contributed by atoms with Crippen LogP contribution in [0, 0.1) is 0 Å². The molecule has 1 N–H and O–H groups in total. The van der Waals surface area contributed by atoms with Crippen molar-refractivity contribution in [3.63, 3.8) is 0 Å². The molecule has 0 amide bonds. The van der Waals surface area contributed by atoms with Crippen LogP contribution in [-0.2, 0) is 6.42 Å². The smallest absolute Gasteiger partial charge is 0.200 e. The van der Waals surface area contributed by atoms with E-state index in [1.165, 1.54) is 0 Å². The molecule has 1 aromatic heterocycles. The Morgan fingerprint density at radius 2 is 1.90 bits per heavy atom. The molecule has 2 aromatic carbocycles. The quantitative estimate of drug-likeness (QED) is 0.566. The fourth-order valence-electron chi connectivity index (χ4n) is 2.46. The third-order valence-corrected chi connectivity index (χ3v) is 3.54. The molecule has 0 bridgehead atoms. The van der Waals surface area contributed by atoms with Crippen LogP contribution in [0.25, 0.3) is 21.9 Å². The SMILES string of the molecule is CC(C)=CCc1c(O)ccc2oc3ccccc3c(=O)c12. The van der Waals surface area contributed by atoms with E-state index in [2.05, 4.69) is 0 Å². The number of aromatic hydroxyl groups is 1. The van der Waals surface area contributed by atoms with E-state index in [4.69, 9.17) is 4.42 Å². The van der Waals surface area contributed by atoms with Crippen molar-refractivity contribution >= 4 is 21.9 Å². The van der Waals surface area contributed by atoms with Gasteiger partial charge in [-0.1, -0.05) is 23.8 Å². The van der Waals surface area contributed by atoms with Gasteiger partial charge in [0, 0.05) is 5.56 Å². The molecule has 106 valence electrons. The molecule has 3 heteroatoms. The van der Waals surface area contributed by atoms with Gasteiger partial charge in [-0.2, -0.15) is 0 Å². The van der Waals surface area contributed by atoms with Crippen LogP contribution in [0.1, 0.15) is 19.4 Å². The van der Waals surface area contributed by atoms with Gasteiger partial charge in [-0.05, 0) is 44.5 Å². The van der Waals surface area contributed by atoms with Gasteiger partial charge in [0.25, 0.3) is 0 Å². The number of benzene rings is 2. The lowest BCUT2D eigenvalue weighted by Gasteiger charge is -2.08. The van der Waals surface area contributed by atoms with Crippen LogP contribution in [0.5, 0.6) is 5.75 Å². The van der Waals surface area contributed by atoms with Crippen LogP contribution in [0.4, 0.5) is 0 Å². The number of phenols is 1. The maximum Gasteiger partial charge on any atom is 0.200 e. The maximum atomic E-state index is 12.7. The highest BCUT2D eigenvalue weighted by Gasteiger charge is 2.13. The molecule has 0 aliphatic carbocycles. The molecule has 0 fully saturated rings. The van der Waals surface area contributed by atoms with Gasteiger partial charge < -0.3 is 9.52 Å². The molecule has 3 aromatic rings. The summed E-state index contributed by atoms with van der Waals surface area (Å²) in [5.41, 5.74) is 2.73. The monoisotopic (exact) mass is 280 g/mol. The molecule has 3 rings (SSSR count). The lowest BCUT2D eigenvalue weighted by Crippen LogP contribution is -2.05. The molecule has 0 aliphatic rings. The summed E-state index contributed by atoms with van der Waals surface area (Å²) in [6, 6.07) is 10.4. The molecule has 21 heavy (non-hydrogen) atoms. The third-order valence-electron chi connectivity index (χ3n) is 3.54. The van der Waals surface area contributed by atoms with E-state index >= 15 is 0 Å². The first-order valence-electron chi connectivity index (χ1n) is 6.87. The first-order valence-corrected chi connectivity index (χ1v) is 6.87. The molecular formula is C18H16O3. The van der Waals surface area contributed by atoms with Crippen molar-refractivity contribution in [2.24, 2.45) is 0 Å². The van der Waals surface area contributed by atoms with Crippen molar-refractivity contribution in [3.05, 3.63) is 63.8 Å². The van der Waals surface area contributed by atoms with Crippen molar-refractivity contribution in [2.75, 3.05) is 0 Å². The molecule has 0 saturated heterocycles. The van der Waals surface area contributed by atoms with Gasteiger partial charge in [-0.25, -0.2) is 0 Å². The average Bonchev–Trinajstić information content (AvgIpc) is 2.47. The van der Waals surface area contributed by atoms with Gasteiger partial charge in [0.05, 0.1) is 10.8 Å². The highest BCUT2D eigenvalue weighted by atomic mass is 16.3. The van der Waals surface area contributed by atoms with Crippen molar-refractivity contribution in [1.82, 2.24) is 0 Å². The van der Waals surface area contributed by atoms with Gasteiger partial charge in [-0.3, -0.25) is 4.79 Å². The minimum Gasteiger partial charge on any atom is -0.508 e. The van der Waals surface area contributed by atoms with E-state index in [0.717, 1.165) is 5.57 Å². The number of rotatable bonds is 2. The summed E-state index contributed by atoms with van der Waals surface area (Å²) in [6.07, 6.45) is 2.50. The predicted octanol–water partition coefficient (Wildman–Crippen LogP) is 4.16. The van der Waals surface area contributed by atoms with Crippen LogP contribution in [0.2, 0.25) is 0 Å². The van der Waals surface area contributed by atoms with Gasteiger partial charge >= 0.3 is 0 Å². The second-order valence-corrected chi connectivity index (χ2v) is 5.35. The van der Waals surface area contributed by atoms with E-state index in [-0.39, 0.29) is 11.2 Å². The van der Waals surface area contributed by atoms with E-state index in [9.17, 15) is 9.90 Å². The Bertz CT molecular complexity index is 913. The lowest BCUT2D eigenvalue weighted by atomic mass is 10.0. The minimum absolute atomic E-state index is 0.0973. The predicted molar refractivity (Wildman–Crippen MR) is 84.8 cm³/mol. The van der Waals surface area contributed by atoms with E-state index < -0.39 is 0 Å². The zero-order chi connectivity index (χ0) is 15.0. The van der Waals surface area contributed by atoms with Crippen molar-refractivity contribution < 1.29 is 9.52 Å². The van der Waals surface area contributed by atoms with Crippen LogP contribution >= 0.6 is 0 Å². The number of hydrogen-bond acceptors (Lipinski definition) is 3. The van der Waals surface area contributed by atoms with Crippen molar-refractivity contribution in [2.45, 2.75) is 20.3 Å². The summed E-state index contributed by atoms with van der Waals surface area (Å²) < 4.78 is 5.80. The number of fused-ring (bicyclic) bond motifs is 2. The summed E-state index contributed by atoms with van der Waals surface area (Å²) in [7, 11) is 0. The molecular weight excluding hydrogens is 264 g/mol. The zero-order valence-corrected chi connectivity index (χ0v) is 12.0. The highest BCUT2D eigenvalue weighted by Crippen LogP contribution is 2.28. The van der Waals surface area contributed by atoms with Gasteiger partial charge in [0.1, 0.15) is 16.9 Å². The molecule has 0 aliphatic heterocycles. The first kappa shape index (κ1) is 13.4. The lowest BCUT2D eigenvalue weighted by molar-refractivity contribution is 0.470. The molecule has 0 unspecified atom stereocenters. The number of para-hydroxylation sites is 1. The van der Waals surface area contributed by atoms with Crippen LogP contribution in [-0.4, -0.2) is 5.11 Å². The number of allylic oxidation sites excluding steroid dienone is 2. The number of hydrogen-bond donors (Lipinski definition) is 1. The Morgan fingerprint density at radius 1 is 1.14 bits per heavy atom. The number of phenolic OH excluding ortho intramolecular Hbond substituents is 1. The highest BCUT2D eigenvalue weighted by molar-refractivity contribution is 5.92. The average molecular weight is 280 g/mol. The van der Waals surface area contributed by atoms with Gasteiger partial charge in [-0.15, -0.1) is 0 Å². The van der Waals surface area contributed by atoms with Gasteiger partial charge in [0.15, 0.2) is 0 Å². The third kappa shape index (κ3) is 2.31.